The molecule has 17 heavy (non-hydrogen) atoms. The summed E-state index contributed by atoms with van der Waals surface area (Å²) in [5.41, 5.74) is 0. The average Bonchev–Trinajstić information content (AvgIpc) is 2.28. The molecule has 0 saturated heterocycles. The zero-order chi connectivity index (χ0) is 12.4. The number of hydrogen-bond acceptors (Lipinski definition) is 2. The van der Waals surface area contributed by atoms with E-state index in [0.29, 0.717) is 10.9 Å². The zero-order valence-corrected chi connectivity index (χ0v) is 11.1. The SMILES string of the molecule is COc1cc(-[s+]2cc(Cl)[nH]n(Cl)[nH]2)ccc1O. The number of methoxy groups -OCH3 is 1. The van der Waals surface area contributed by atoms with E-state index in [1.54, 1.807) is 23.6 Å². The van der Waals surface area contributed by atoms with Gasteiger partial charge in [-0.05, 0) is 6.07 Å². The predicted octanol–water partition coefficient (Wildman–Crippen LogP) is 3.38. The average molecular weight is 295 g/mol. The standard InChI is InChI=1S/C9H9Cl2N3O2S/c1-16-8-4-6(2-3-7(8)15)17-5-9(10)12-14(11)13-17/h2-5,12-13H,1H3/p+1. The Balaban J connectivity index is 2.52. The van der Waals surface area contributed by atoms with Gasteiger partial charge in [0.05, 0.1) is 18.9 Å². The number of phenolic OH excluding ortho intramolecular Hbond substituents is 1. The van der Waals surface area contributed by atoms with Gasteiger partial charge in [-0.15, -0.1) is 0 Å². The van der Waals surface area contributed by atoms with E-state index in [1.807, 2.05) is 0 Å². The van der Waals surface area contributed by atoms with Crippen LogP contribution in [0.3, 0.4) is 0 Å². The number of aromatic amines is 2. The molecule has 92 valence electrons. The third kappa shape index (κ3) is 2.71. The van der Waals surface area contributed by atoms with E-state index < -0.39 is 10.7 Å². The van der Waals surface area contributed by atoms with Gasteiger partial charge in [0.15, 0.2) is 16.7 Å². The van der Waals surface area contributed by atoms with Crippen LogP contribution in [0.4, 0.5) is 0 Å². The monoisotopic (exact) mass is 294 g/mol. The molecule has 5 nitrogen and oxygen atoms in total. The van der Waals surface area contributed by atoms with Crippen molar-refractivity contribution in [3.05, 3.63) is 28.7 Å². The molecule has 3 N–H and O–H groups in total. The number of aromatic hydroxyl groups is 1. The Labute approximate surface area is 110 Å². The second-order valence-corrected chi connectivity index (χ2v) is 5.43. The minimum Gasteiger partial charge on any atom is -0.504 e. The van der Waals surface area contributed by atoms with Crippen molar-refractivity contribution in [1.82, 2.24) is 13.9 Å². The van der Waals surface area contributed by atoms with E-state index in [0.717, 1.165) is 9.21 Å². The number of ether oxygens (including phenoxy) is 1. The fraction of sp³-hybridized carbons (Fsp3) is 0.111. The molecule has 0 bridgehead atoms. The van der Waals surface area contributed by atoms with E-state index in [9.17, 15) is 5.11 Å². The molecule has 0 spiro atoms. The van der Waals surface area contributed by atoms with E-state index in [-0.39, 0.29) is 5.75 Å². The van der Waals surface area contributed by atoms with Gasteiger partial charge in [-0.3, -0.25) is 5.10 Å². The summed E-state index contributed by atoms with van der Waals surface area (Å²) in [5, 5.41) is 14.4. The van der Waals surface area contributed by atoms with Crippen molar-refractivity contribution in [2.75, 3.05) is 7.11 Å². The van der Waals surface area contributed by atoms with Crippen LogP contribution < -0.4 is 4.74 Å². The molecule has 2 rings (SSSR count). The van der Waals surface area contributed by atoms with Gasteiger partial charge in [-0.2, -0.15) is 0 Å². The van der Waals surface area contributed by atoms with E-state index in [4.69, 9.17) is 28.1 Å². The minimum atomic E-state index is -0.492. The molecule has 0 aliphatic carbocycles. The lowest BCUT2D eigenvalue weighted by Gasteiger charge is -2.03. The molecule has 0 radical (unpaired) electrons. The summed E-state index contributed by atoms with van der Waals surface area (Å²) in [6.45, 7) is 0. The maximum Gasteiger partial charge on any atom is 0.206 e. The Morgan fingerprint density at radius 3 is 2.88 bits per heavy atom. The van der Waals surface area contributed by atoms with Crippen LogP contribution in [0.1, 0.15) is 0 Å². The molecule has 2 aromatic rings. The smallest absolute Gasteiger partial charge is 0.206 e. The number of nitrogens with zero attached hydrogens (tertiary/aromatic N) is 1. The molecular weight excluding hydrogens is 285 g/mol. The molecular formula is C9H10Cl2N3O2S+. The lowest BCUT2D eigenvalue weighted by molar-refractivity contribution is 0.374. The van der Waals surface area contributed by atoms with Crippen LogP contribution >= 0.6 is 34.0 Å². The van der Waals surface area contributed by atoms with E-state index in [1.165, 1.54) is 7.11 Å². The molecule has 1 unspecified atom stereocenters. The number of rotatable bonds is 2. The predicted molar refractivity (Wildman–Crippen MR) is 69.1 cm³/mol. The molecule has 0 amide bonds. The van der Waals surface area contributed by atoms with Crippen LogP contribution in [0, 0.1) is 0 Å². The topological polar surface area (TPSA) is 66.0 Å². The summed E-state index contributed by atoms with van der Waals surface area (Å²) in [6, 6.07) is 5.05. The van der Waals surface area contributed by atoms with Crippen LogP contribution in [-0.2, 0) is 0 Å². The molecule has 0 saturated carbocycles. The largest absolute Gasteiger partial charge is 0.504 e. The number of phenols is 1. The summed E-state index contributed by atoms with van der Waals surface area (Å²) < 4.78 is 9.15. The first kappa shape index (κ1) is 12.2. The fourth-order valence-electron chi connectivity index (χ4n) is 1.27. The molecule has 1 aromatic heterocycles. The summed E-state index contributed by atoms with van der Waals surface area (Å²) in [5.74, 6) is 0.494. The van der Waals surface area contributed by atoms with Gasteiger partial charge in [-0.25, -0.2) is 0 Å². The van der Waals surface area contributed by atoms with Crippen molar-refractivity contribution >= 4 is 34.0 Å². The summed E-state index contributed by atoms with van der Waals surface area (Å²) in [4.78, 5) is 0.893. The fourth-order valence-corrected chi connectivity index (χ4v) is 3.20. The second-order valence-electron chi connectivity index (χ2n) is 3.12. The van der Waals surface area contributed by atoms with Gasteiger partial charge in [-0.1, -0.05) is 20.4 Å². The first-order chi connectivity index (χ1) is 8.10. The second kappa shape index (κ2) is 4.95. The van der Waals surface area contributed by atoms with Crippen molar-refractivity contribution in [1.29, 1.82) is 0 Å². The van der Waals surface area contributed by atoms with Crippen molar-refractivity contribution < 1.29 is 9.84 Å². The third-order valence-corrected chi connectivity index (χ3v) is 4.21. The molecule has 1 aromatic carbocycles. The van der Waals surface area contributed by atoms with Crippen molar-refractivity contribution in [2.24, 2.45) is 0 Å². The number of halogens is 2. The maximum atomic E-state index is 9.50. The first-order valence-corrected chi connectivity index (χ1v) is 6.57. The van der Waals surface area contributed by atoms with Crippen LogP contribution in [0.15, 0.2) is 23.6 Å². The lowest BCUT2D eigenvalue weighted by Crippen LogP contribution is -1.95. The highest BCUT2D eigenvalue weighted by Gasteiger charge is 2.14. The van der Waals surface area contributed by atoms with E-state index >= 15 is 0 Å². The van der Waals surface area contributed by atoms with Gasteiger partial charge in [0.1, 0.15) is 10.7 Å². The van der Waals surface area contributed by atoms with Gasteiger partial charge >= 0.3 is 0 Å². The maximum absolute atomic E-state index is 9.50. The van der Waals surface area contributed by atoms with Crippen LogP contribution in [0.5, 0.6) is 11.5 Å². The third-order valence-electron chi connectivity index (χ3n) is 2.01. The van der Waals surface area contributed by atoms with Gasteiger partial charge in [0, 0.05) is 12.1 Å². The Hall–Kier alpha value is -1.24. The lowest BCUT2D eigenvalue weighted by atomic mass is 10.3. The first-order valence-electron chi connectivity index (χ1n) is 4.56. The Kier molecular flexibility index (Phi) is 3.56. The quantitative estimate of drug-likeness (QED) is 0.744. The summed E-state index contributed by atoms with van der Waals surface area (Å²) in [6.07, 6.45) is 0. The number of nitrogens with one attached hydrogen (secondary N) is 2. The molecule has 0 aliphatic rings. The Morgan fingerprint density at radius 1 is 1.47 bits per heavy atom. The van der Waals surface area contributed by atoms with Crippen molar-refractivity contribution in [3.63, 3.8) is 0 Å². The van der Waals surface area contributed by atoms with Gasteiger partial charge < -0.3 is 9.84 Å². The van der Waals surface area contributed by atoms with Crippen LogP contribution in [0.2, 0.25) is 5.15 Å². The molecule has 0 fully saturated rings. The number of benzene rings is 1. The van der Waals surface area contributed by atoms with Crippen LogP contribution in [-0.4, -0.2) is 26.1 Å². The summed E-state index contributed by atoms with van der Waals surface area (Å²) in [7, 11) is 1.00. The summed E-state index contributed by atoms with van der Waals surface area (Å²) >= 11 is 11.6. The van der Waals surface area contributed by atoms with E-state index in [2.05, 4.69) is 9.59 Å². The van der Waals surface area contributed by atoms with Crippen molar-refractivity contribution in [3.8, 4) is 16.4 Å². The Bertz CT molecular complexity index is 548. The highest BCUT2D eigenvalue weighted by Crippen LogP contribution is 2.35. The zero-order valence-electron chi connectivity index (χ0n) is 8.78. The highest BCUT2D eigenvalue weighted by atomic mass is 35.5. The molecule has 1 atom stereocenters. The number of aromatic nitrogens is 3. The van der Waals surface area contributed by atoms with Crippen LogP contribution in [0.25, 0.3) is 4.90 Å². The number of H-pyrrole nitrogens is 2. The van der Waals surface area contributed by atoms with Gasteiger partial charge in [0.2, 0.25) is 10.3 Å². The molecule has 0 aliphatic heterocycles. The normalized spacial score (nSPS) is 11.4. The molecule has 8 heteroatoms. The van der Waals surface area contributed by atoms with Crippen molar-refractivity contribution in [2.45, 2.75) is 0 Å². The molecule has 1 heterocycles. The number of hydrogen-bond donors (Lipinski definition) is 3. The minimum absolute atomic E-state index is 0.0905. The highest BCUT2D eigenvalue weighted by molar-refractivity contribution is 7.33. The Morgan fingerprint density at radius 2 is 2.24 bits per heavy atom. The van der Waals surface area contributed by atoms with Gasteiger partial charge in [0.25, 0.3) is 0 Å².